The number of ether oxygens (including phenoxy) is 1. The van der Waals surface area contributed by atoms with Crippen molar-refractivity contribution >= 4 is 46.8 Å². The third-order valence-corrected chi connectivity index (χ3v) is 4.69. The molecule has 140 valence electrons. The first kappa shape index (κ1) is 19.3. The predicted octanol–water partition coefficient (Wildman–Crippen LogP) is 4.63. The highest BCUT2D eigenvalue weighted by molar-refractivity contribution is 6.37. The molecule has 1 fully saturated rings. The quantitative estimate of drug-likeness (QED) is 0.583. The number of carbonyl (C=O) groups excluding carboxylic acids is 2. The zero-order chi connectivity index (χ0) is 19.6. The van der Waals surface area contributed by atoms with Gasteiger partial charge in [-0.2, -0.15) is 0 Å². The Morgan fingerprint density at radius 2 is 1.78 bits per heavy atom. The molecule has 0 radical (unpaired) electrons. The van der Waals surface area contributed by atoms with Crippen LogP contribution in [0.3, 0.4) is 0 Å². The molecule has 2 aromatic carbocycles. The van der Waals surface area contributed by atoms with Crippen molar-refractivity contribution in [2.45, 2.75) is 26.4 Å². The van der Waals surface area contributed by atoms with Gasteiger partial charge in [0.2, 0.25) is 0 Å². The van der Waals surface area contributed by atoms with Gasteiger partial charge in [0.05, 0.1) is 21.8 Å². The summed E-state index contributed by atoms with van der Waals surface area (Å²) in [6, 6.07) is 12.1. The lowest BCUT2D eigenvalue weighted by molar-refractivity contribution is -0.117. The van der Waals surface area contributed by atoms with Crippen molar-refractivity contribution in [3.63, 3.8) is 0 Å². The number of hydrogen-bond acceptors (Lipinski definition) is 3. The van der Waals surface area contributed by atoms with E-state index in [4.69, 9.17) is 27.9 Å². The highest BCUT2D eigenvalue weighted by atomic mass is 35.5. The van der Waals surface area contributed by atoms with Gasteiger partial charge in [0.1, 0.15) is 5.57 Å². The molecule has 0 saturated carbocycles. The number of rotatable bonds is 5. The smallest absolute Gasteiger partial charge is 0.282 e. The molecular formula is C20H18Cl2N2O3. The number of nitrogens with one attached hydrogen (secondary N) is 1. The molecule has 5 nitrogen and oxygen atoms in total. The SMILES string of the molecule is CCC(C)Oc1c(Cl)cc(C=C2C(=O)NN(c3ccccc3)C2=O)cc1Cl. The molecule has 1 N–H and O–H groups in total. The summed E-state index contributed by atoms with van der Waals surface area (Å²) in [6.07, 6.45) is 2.24. The number of amides is 2. The zero-order valence-electron chi connectivity index (χ0n) is 14.8. The van der Waals surface area contributed by atoms with Gasteiger partial charge in [-0.1, -0.05) is 48.3 Å². The van der Waals surface area contributed by atoms with Gasteiger partial charge >= 0.3 is 0 Å². The first-order valence-corrected chi connectivity index (χ1v) is 9.24. The van der Waals surface area contributed by atoms with Crippen LogP contribution < -0.4 is 15.2 Å². The molecule has 0 bridgehead atoms. The van der Waals surface area contributed by atoms with E-state index >= 15 is 0 Å². The number of hydrazine groups is 1. The maximum atomic E-state index is 12.6. The highest BCUT2D eigenvalue weighted by Crippen LogP contribution is 2.36. The van der Waals surface area contributed by atoms with Crippen molar-refractivity contribution < 1.29 is 14.3 Å². The summed E-state index contributed by atoms with van der Waals surface area (Å²) in [5.41, 5.74) is 3.67. The van der Waals surface area contributed by atoms with Crippen molar-refractivity contribution in [2.24, 2.45) is 0 Å². The second-order valence-corrected chi connectivity index (χ2v) is 6.94. The molecule has 0 spiro atoms. The Kier molecular flexibility index (Phi) is 5.73. The summed E-state index contributed by atoms with van der Waals surface area (Å²) in [6.45, 7) is 3.91. The normalized spacial score (nSPS) is 16.6. The number of carbonyl (C=O) groups is 2. The predicted molar refractivity (Wildman–Crippen MR) is 107 cm³/mol. The lowest BCUT2D eigenvalue weighted by Gasteiger charge is -2.15. The van der Waals surface area contributed by atoms with E-state index in [-0.39, 0.29) is 11.7 Å². The molecule has 2 amide bonds. The Labute approximate surface area is 167 Å². The van der Waals surface area contributed by atoms with E-state index in [0.29, 0.717) is 27.0 Å². The van der Waals surface area contributed by atoms with Crippen molar-refractivity contribution in [1.82, 2.24) is 5.43 Å². The molecule has 1 heterocycles. The average Bonchev–Trinajstić information content (AvgIpc) is 2.93. The van der Waals surface area contributed by atoms with Gasteiger partial charge in [0.15, 0.2) is 5.75 Å². The standard InChI is InChI=1S/C20H18Cl2N2O3/c1-3-12(2)27-18-16(21)10-13(11-17(18)22)9-15-19(25)23-24(20(15)26)14-7-5-4-6-8-14/h4-12H,3H2,1-2H3,(H,23,25). The molecule has 1 aliphatic rings. The summed E-state index contributed by atoms with van der Waals surface area (Å²) in [5.74, 6) is -0.544. The van der Waals surface area contributed by atoms with E-state index < -0.39 is 11.8 Å². The minimum atomic E-state index is -0.490. The Balaban J connectivity index is 1.90. The van der Waals surface area contributed by atoms with E-state index in [1.54, 1.807) is 36.4 Å². The third-order valence-electron chi connectivity index (χ3n) is 4.13. The Morgan fingerprint density at radius 1 is 1.15 bits per heavy atom. The van der Waals surface area contributed by atoms with Crippen LogP contribution in [0.1, 0.15) is 25.8 Å². The summed E-state index contributed by atoms with van der Waals surface area (Å²) in [4.78, 5) is 24.9. The second kappa shape index (κ2) is 8.03. The first-order chi connectivity index (χ1) is 12.9. The molecule has 1 unspecified atom stereocenters. The minimum Gasteiger partial charge on any atom is -0.488 e. The number of benzene rings is 2. The second-order valence-electron chi connectivity index (χ2n) is 6.13. The lowest BCUT2D eigenvalue weighted by Crippen LogP contribution is -2.35. The number of anilines is 1. The lowest BCUT2D eigenvalue weighted by atomic mass is 10.1. The summed E-state index contributed by atoms with van der Waals surface area (Å²) in [5, 5.41) is 1.85. The van der Waals surface area contributed by atoms with Gasteiger partial charge in [-0.15, -0.1) is 0 Å². The molecule has 1 aliphatic heterocycles. The highest BCUT2D eigenvalue weighted by Gasteiger charge is 2.34. The van der Waals surface area contributed by atoms with Gasteiger partial charge in [-0.05, 0) is 49.2 Å². The topological polar surface area (TPSA) is 58.6 Å². The molecule has 27 heavy (non-hydrogen) atoms. The average molecular weight is 405 g/mol. The van der Waals surface area contributed by atoms with Gasteiger partial charge in [-0.3, -0.25) is 15.0 Å². The Morgan fingerprint density at radius 3 is 2.37 bits per heavy atom. The van der Waals surface area contributed by atoms with Crippen LogP contribution >= 0.6 is 23.2 Å². The van der Waals surface area contributed by atoms with Crippen LogP contribution in [0.4, 0.5) is 5.69 Å². The van der Waals surface area contributed by atoms with Crippen LogP contribution in [0.15, 0.2) is 48.0 Å². The van der Waals surface area contributed by atoms with E-state index in [1.165, 1.54) is 11.1 Å². The van der Waals surface area contributed by atoms with Gasteiger partial charge in [0.25, 0.3) is 11.8 Å². The fourth-order valence-corrected chi connectivity index (χ4v) is 3.14. The number of halogens is 2. The van der Waals surface area contributed by atoms with E-state index in [2.05, 4.69) is 5.43 Å². The maximum absolute atomic E-state index is 12.6. The fourth-order valence-electron chi connectivity index (χ4n) is 2.54. The Hall–Kier alpha value is -2.50. The van der Waals surface area contributed by atoms with Gasteiger partial charge in [0, 0.05) is 0 Å². The molecule has 3 rings (SSSR count). The minimum absolute atomic E-state index is 0.00146. The van der Waals surface area contributed by atoms with E-state index in [1.807, 2.05) is 19.9 Å². The van der Waals surface area contributed by atoms with Crippen LogP contribution in [-0.4, -0.2) is 17.9 Å². The molecule has 1 atom stereocenters. The number of hydrogen-bond donors (Lipinski definition) is 1. The van der Waals surface area contributed by atoms with Crippen LogP contribution in [-0.2, 0) is 9.59 Å². The van der Waals surface area contributed by atoms with Crippen LogP contribution in [0.2, 0.25) is 10.0 Å². The van der Waals surface area contributed by atoms with Crippen molar-refractivity contribution in [2.75, 3.05) is 5.01 Å². The maximum Gasteiger partial charge on any atom is 0.282 e. The molecular weight excluding hydrogens is 387 g/mol. The number of para-hydroxylation sites is 1. The molecule has 7 heteroatoms. The van der Waals surface area contributed by atoms with E-state index in [0.717, 1.165) is 6.42 Å². The molecule has 2 aromatic rings. The zero-order valence-corrected chi connectivity index (χ0v) is 16.3. The van der Waals surface area contributed by atoms with Gasteiger partial charge < -0.3 is 4.74 Å². The third kappa shape index (κ3) is 4.10. The van der Waals surface area contributed by atoms with Crippen LogP contribution in [0.25, 0.3) is 6.08 Å². The molecule has 0 aliphatic carbocycles. The first-order valence-electron chi connectivity index (χ1n) is 8.48. The summed E-state index contributed by atoms with van der Waals surface area (Å²) in [7, 11) is 0. The van der Waals surface area contributed by atoms with Crippen molar-refractivity contribution in [1.29, 1.82) is 0 Å². The van der Waals surface area contributed by atoms with E-state index in [9.17, 15) is 9.59 Å². The number of nitrogens with zero attached hydrogens (tertiary/aromatic N) is 1. The molecule has 0 aromatic heterocycles. The summed E-state index contributed by atoms with van der Waals surface area (Å²) >= 11 is 12.6. The monoisotopic (exact) mass is 404 g/mol. The van der Waals surface area contributed by atoms with Crippen LogP contribution in [0, 0.1) is 0 Å². The van der Waals surface area contributed by atoms with Crippen molar-refractivity contribution in [3.05, 3.63) is 63.6 Å². The summed E-state index contributed by atoms with van der Waals surface area (Å²) < 4.78 is 5.73. The van der Waals surface area contributed by atoms with Crippen LogP contribution in [0.5, 0.6) is 5.75 Å². The molecule has 1 saturated heterocycles. The fraction of sp³-hybridized carbons (Fsp3) is 0.200. The van der Waals surface area contributed by atoms with Gasteiger partial charge in [-0.25, -0.2) is 5.01 Å². The van der Waals surface area contributed by atoms with Crippen molar-refractivity contribution in [3.8, 4) is 5.75 Å². The Bertz CT molecular complexity index is 890. The largest absolute Gasteiger partial charge is 0.488 e.